The molecule has 0 saturated carbocycles. The lowest BCUT2D eigenvalue weighted by Gasteiger charge is -2.31. The molecule has 7 nitrogen and oxygen atoms in total. The van der Waals surface area contributed by atoms with Crippen LogP contribution in [0.25, 0.3) is 10.9 Å². The van der Waals surface area contributed by atoms with Crippen LogP contribution in [0.4, 0.5) is 0 Å². The molecule has 1 heterocycles. The third kappa shape index (κ3) is 3.67. The molecule has 0 spiro atoms. The minimum Gasteiger partial charge on any atom is -0.343 e. The highest BCUT2D eigenvalue weighted by Crippen LogP contribution is 2.22. The van der Waals surface area contributed by atoms with Crippen LogP contribution in [0.5, 0.6) is 0 Å². The second-order valence-corrected chi connectivity index (χ2v) is 6.23. The van der Waals surface area contributed by atoms with Gasteiger partial charge in [0.1, 0.15) is 11.7 Å². The van der Waals surface area contributed by atoms with Crippen molar-refractivity contribution >= 4 is 35.2 Å². The van der Waals surface area contributed by atoms with Gasteiger partial charge in [-0.2, -0.15) is 0 Å². The monoisotopic (exact) mass is 353 g/mol. The highest BCUT2D eigenvalue weighted by molar-refractivity contribution is 6.18. The van der Waals surface area contributed by atoms with Crippen LogP contribution in [0, 0.1) is 5.92 Å². The topological polar surface area (TPSA) is 119 Å². The number of fused-ring (bicyclic) bond motifs is 1. The van der Waals surface area contributed by atoms with E-state index in [1.165, 1.54) is 18.6 Å². The standard InChI is InChI=1S/C19H19N3O4/c1-12(2)19(20,18(26)21-14(11-24)9-10-23)17(25)16-8-7-13-5-3-4-6-15(13)22-16/h3-8,12,14H,9,20H2,1-2H3,(H,21,26). The quantitative estimate of drug-likeness (QED) is 0.537. The molecule has 0 aliphatic rings. The van der Waals surface area contributed by atoms with Gasteiger partial charge < -0.3 is 11.1 Å². The zero-order valence-electron chi connectivity index (χ0n) is 14.5. The molecule has 1 aromatic carbocycles. The largest absolute Gasteiger partial charge is 0.343 e. The Hall–Kier alpha value is -2.93. The van der Waals surface area contributed by atoms with Crippen LogP contribution in [-0.2, 0) is 14.4 Å². The fraction of sp³-hybridized carbons (Fsp3) is 0.316. The van der Waals surface area contributed by atoms with E-state index in [-0.39, 0.29) is 12.1 Å². The van der Waals surface area contributed by atoms with Crippen molar-refractivity contribution < 1.29 is 19.2 Å². The number of benzene rings is 1. The lowest BCUT2D eigenvalue weighted by Crippen LogP contribution is -2.64. The summed E-state index contributed by atoms with van der Waals surface area (Å²) in [6, 6.07) is 9.25. The minimum atomic E-state index is -1.95. The summed E-state index contributed by atoms with van der Waals surface area (Å²) < 4.78 is 0. The number of Topliss-reactive ketones (excluding diaryl/α,β-unsaturated/α-hetero) is 1. The van der Waals surface area contributed by atoms with Crippen molar-refractivity contribution in [3.63, 3.8) is 0 Å². The SMILES string of the molecule is CC(C)C(N)(C(=O)NC([C]=O)C[C]=O)C(=O)c1ccc2ccccc2n1. The lowest BCUT2D eigenvalue weighted by molar-refractivity contribution is -0.126. The fourth-order valence-corrected chi connectivity index (χ4v) is 2.52. The number of nitrogens with zero attached hydrogens (tertiary/aromatic N) is 1. The summed E-state index contributed by atoms with van der Waals surface area (Å²) in [7, 11) is 0. The van der Waals surface area contributed by atoms with E-state index < -0.39 is 29.2 Å². The number of para-hydroxylation sites is 1. The van der Waals surface area contributed by atoms with Crippen molar-refractivity contribution in [2.75, 3.05) is 0 Å². The van der Waals surface area contributed by atoms with Crippen molar-refractivity contribution in [3.05, 3.63) is 42.1 Å². The maximum Gasteiger partial charge on any atom is 0.249 e. The first-order chi connectivity index (χ1) is 12.3. The molecule has 3 N–H and O–H groups in total. The second kappa shape index (κ2) is 7.97. The molecule has 2 rings (SSSR count). The zero-order valence-corrected chi connectivity index (χ0v) is 14.5. The van der Waals surface area contributed by atoms with E-state index >= 15 is 0 Å². The summed E-state index contributed by atoms with van der Waals surface area (Å²) in [4.78, 5) is 51.2. The first kappa shape index (κ1) is 19.4. The average Bonchev–Trinajstić information content (AvgIpc) is 2.65. The second-order valence-electron chi connectivity index (χ2n) is 6.23. The molecule has 7 heteroatoms. The number of nitrogens with one attached hydrogen (secondary N) is 1. The number of aromatic nitrogens is 1. The van der Waals surface area contributed by atoms with Gasteiger partial charge in [0.15, 0.2) is 5.54 Å². The van der Waals surface area contributed by atoms with E-state index in [1.807, 2.05) is 12.1 Å². The van der Waals surface area contributed by atoms with Gasteiger partial charge in [0.2, 0.25) is 24.3 Å². The van der Waals surface area contributed by atoms with Crippen molar-refractivity contribution in [2.45, 2.75) is 31.8 Å². The molecular formula is C19H19N3O4. The van der Waals surface area contributed by atoms with Crippen molar-refractivity contribution in [1.29, 1.82) is 0 Å². The van der Waals surface area contributed by atoms with Gasteiger partial charge in [-0.3, -0.25) is 19.2 Å². The number of ketones is 1. The molecule has 2 atom stereocenters. The molecule has 1 aromatic heterocycles. The van der Waals surface area contributed by atoms with Gasteiger partial charge in [-0.1, -0.05) is 38.1 Å². The number of nitrogens with two attached hydrogens (primary N) is 1. The number of carbonyl (C=O) groups excluding carboxylic acids is 4. The fourth-order valence-electron chi connectivity index (χ4n) is 2.52. The average molecular weight is 353 g/mol. The first-order valence-electron chi connectivity index (χ1n) is 8.07. The number of hydrogen-bond acceptors (Lipinski definition) is 6. The third-order valence-electron chi connectivity index (χ3n) is 4.23. The van der Waals surface area contributed by atoms with E-state index in [4.69, 9.17) is 5.73 Å². The molecule has 0 saturated heterocycles. The molecule has 26 heavy (non-hydrogen) atoms. The predicted octanol–water partition coefficient (Wildman–Crippen LogP) is 0.865. The highest BCUT2D eigenvalue weighted by atomic mass is 16.2. The van der Waals surface area contributed by atoms with Crippen molar-refractivity contribution in [3.8, 4) is 0 Å². The molecule has 0 fully saturated rings. The Balaban J connectivity index is 2.39. The van der Waals surface area contributed by atoms with E-state index in [0.717, 1.165) is 5.39 Å². The predicted molar refractivity (Wildman–Crippen MR) is 95.8 cm³/mol. The summed E-state index contributed by atoms with van der Waals surface area (Å²) >= 11 is 0. The minimum absolute atomic E-state index is 0.0450. The Morgan fingerprint density at radius 3 is 2.50 bits per heavy atom. The Morgan fingerprint density at radius 1 is 1.19 bits per heavy atom. The maximum atomic E-state index is 13.0. The van der Waals surface area contributed by atoms with Crippen LogP contribution in [0.1, 0.15) is 30.8 Å². The maximum absolute atomic E-state index is 13.0. The number of hydrogen-bond donors (Lipinski definition) is 2. The number of carbonyl (C=O) groups is 2. The first-order valence-corrected chi connectivity index (χ1v) is 8.07. The van der Waals surface area contributed by atoms with Crippen molar-refractivity contribution in [1.82, 2.24) is 10.3 Å². The molecule has 2 aromatic rings. The Bertz CT molecular complexity index is 850. The number of rotatable bonds is 8. The Labute approximate surface area is 151 Å². The van der Waals surface area contributed by atoms with Crippen molar-refractivity contribution in [2.24, 2.45) is 11.7 Å². The lowest BCUT2D eigenvalue weighted by atomic mass is 9.80. The summed E-state index contributed by atoms with van der Waals surface area (Å²) in [5, 5.41) is 3.12. The van der Waals surface area contributed by atoms with Crippen LogP contribution in [-0.4, -0.2) is 40.8 Å². The Morgan fingerprint density at radius 2 is 1.88 bits per heavy atom. The normalized spacial score (nSPS) is 14.5. The number of pyridine rings is 1. The van der Waals surface area contributed by atoms with E-state index in [1.54, 1.807) is 32.0 Å². The molecule has 2 unspecified atom stereocenters. The van der Waals surface area contributed by atoms with E-state index in [0.29, 0.717) is 5.52 Å². The number of amides is 1. The zero-order chi connectivity index (χ0) is 19.3. The van der Waals surface area contributed by atoms with Gasteiger partial charge in [0.25, 0.3) is 0 Å². The van der Waals surface area contributed by atoms with Crippen LogP contribution >= 0.6 is 0 Å². The summed E-state index contributed by atoms with van der Waals surface area (Å²) in [5.41, 5.74) is 4.86. The van der Waals surface area contributed by atoms with Crippen LogP contribution in [0.15, 0.2) is 36.4 Å². The van der Waals surface area contributed by atoms with E-state index in [2.05, 4.69) is 10.3 Å². The molecule has 134 valence electrons. The van der Waals surface area contributed by atoms with Gasteiger partial charge >= 0.3 is 0 Å². The smallest absolute Gasteiger partial charge is 0.249 e. The van der Waals surface area contributed by atoms with Gasteiger partial charge in [0.05, 0.1) is 5.52 Å². The van der Waals surface area contributed by atoms with Gasteiger partial charge in [-0.05, 0) is 18.1 Å². The third-order valence-corrected chi connectivity index (χ3v) is 4.23. The van der Waals surface area contributed by atoms with Crippen LogP contribution in [0.2, 0.25) is 0 Å². The van der Waals surface area contributed by atoms with Gasteiger partial charge in [-0.25, -0.2) is 4.98 Å². The molecule has 0 bridgehead atoms. The molecule has 2 radical (unpaired) electrons. The van der Waals surface area contributed by atoms with Crippen LogP contribution in [0.3, 0.4) is 0 Å². The van der Waals surface area contributed by atoms with Gasteiger partial charge in [0, 0.05) is 11.8 Å². The molecule has 0 aliphatic heterocycles. The van der Waals surface area contributed by atoms with Crippen LogP contribution < -0.4 is 11.1 Å². The summed E-state index contributed by atoms with van der Waals surface area (Å²) in [6.07, 6.45) is 2.67. The molecule has 1 amide bonds. The highest BCUT2D eigenvalue weighted by Gasteiger charge is 2.46. The van der Waals surface area contributed by atoms with Gasteiger partial charge in [-0.15, -0.1) is 0 Å². The molecule has 0 aliphatic carbocycles. The summed E-state index contributed by atoms with van der Waals surface area (Å²) in [5.74, 6) is -2.12. The Kier molecular flexibility index (Phi) is 5.94. The van der Waals surface area contributed by atoms with E-state index in [9.17, 15) is 19.2 Å². The summed E-state index contributed by atoms with van der Waals surface area (Å²) in [6.45, 7) is 3.23. The molecular weight excluding hydrogens is 334 g/mol.